The van der Waals surface area contributed by atoms with Gasteiger partial charge in [-0.3, -0.25) is 0 Å². The van der Waals surface area contributed by atoms with Gasteiger partial charge < -0.3 is 0 Å². The molecule has 166 valence electrons. The van der Waals surface area contributed by atoms with E-state index in [2.05, 4.69) is 6.08 Å². The molecule has 1 aliphatic carbocycles. The van der Waals surface area contributed by atoms with E-state index in [0.29, 0.717) is 28.2 Å². The van der Waals surface area contributed by atoms with Crippen LogP contribution in [-0.4, -0.2) is 0 Å². The van der Waals surface area contributed by atoms with Crippen LogP contribution in [0, 0.1) is 30.3 Å². The zero-order valence-electron chi connectivity index (χ0n) is 18.7. The van der Waals surface area contributed by atoms with Crippen molar-refractivity contribution in [3.63, 3.8) is 0 Å². The third kappa shape index (κ3) is 4.82. The van der Waals surface area contributed by atoms with Gasteiger partial charge in [-0.1, -0.05) is 73.2 Å². The first kappa shape index (κ1) is 22.4. The molecule has 3 heteroatoms. The second-order valence-corrected chi connectivity index (χ2v) is 8.88. The highest BCUT2D eigenvalue weighted by atomic mass is 19.2. The molecular weight excluding hydrogens is 405 g/mol. The summed E-state index contributed by atoms with van der Waals surface area (Å²) in [4.78, 5) is 0. The van der Waals surface area contributed by atoms with Crippen LogP contribution in [0.3, 0.4) is 0 Å². The number of hydrogen-bond donors (Lipinski definition) is 0. The normalized spacial score (nSPS) is 18.9. The zero-order valence-corrected chi connectivity index (χ0v) is 18.7. The number of aryl methyl sites for hydroxylation is 2. The average molecular weight is 435 g/mol. The van der Waals surface area contributed by atoms with Crippen LogP contribution in [0.25, 0.3) is 17.2 Å². The summed E-state index contributed by atoms with van der Waals surface area (Å²) in [6.07, 6.45) is 8.11. The molecule has 3 aromatic carbocycles. The number of hydrogen-bond acceptors (Lipinski definition) is 0. The molecule has 1 saturated carbocycles. The molecule has 0 amide bonds. The van der Waals surface area contributed by atoms with Gasteiger partial charge in [0.15, 0.2) is 11.6 Å². The van der Waals surface area contributed by atoms with Crippen LogP contribution in [0.5, 0.6) is 0 Å². The van der Waals surface area contributed by atoms with Gasteiger partial charge in [0.25, 0.3) is 0 Å². The van der Waals surface area contributed by atoms with E-state index in [-0.39, 0.29) is 11.7 Å². The molecule has 32 heavy (non-hydrogen) atoms. The van der Waals surface area contributed by atoms with Crippen LogP contribution in [0.15, 0.2) is 60.7 Å². The number of benzene rings is 3. The van der Waals surface area contributed by atoms with Crippen molar-refractivity contribution in [3.05, 3.63) is 100 Å². The molecule has 1 aliphatic rings. The van der Waals surface area contributed by atoms with Gasteiger partial charge in [-0.15, -0.1) is 0 Å². The van der Waals surface area contributed by atoms with Crippen LogP contribution >= 0.6 is 0 Å². The molecule has 4 rings (SSSR count). The molecule has 0 nitrogen and oxygen atoms in total. The fraction of sp³-hybridized carbons (Fsp3) is 0.310. The molecule has 0 radical (unpaired) electrons. The van der Waals surface area contributed by atoms with Crippen molar-refractivity contribution in [3.8, 4) is 11.1 Å². The Morgan fingerprint density at radius 1 is 0.844 bits per heavy atom. The lowest BCUT2D eigenvalue weighted by molar-refractivity contribution is 0.365. The largest absolute Gasteiger partial charge is 0.206 e. The fourth-order valence-electron chi connectivity index (χ4n) is 4.62. The molecular formula is C29H29F3. The molecule has 1 fully saturated rings. The van der Waals surface area contributed by atoms with Crippen LogP contribution in [0.4, 0.5) is 13.2 Å². The van der Waals surface area contributed by atoms with Gasteiger partial charge in [-0.25, -0.2) is 13.2 Å². The Balaban J connectivity index is 1.43. The van der Waals surface area contributed by atoms with E-state index in [1.807, 2.05) is 56.3 Å². The lowest BCUT2D eigenvalue weighted by Crippen LogP contribution is -2.13. The Kier molecular flexibility index (Phi) is 6.83. The highest BCUT2D eigenvalue weighted by Gasteiger charge is 2.25. The molecule has 0 saturated heterocycles. The van der Waals surface area contributed by atoms with E-state index < -0.39 is 11.6 Å². The first-order chi connectivity index (χ1) is 15.5. The summed E-state index contributed by atoms with van der Waals surface area (Å²) in [6.45, 7) is 3.97. The minimum atomic E-state index is -0.764. The SMILES string of the molecule is CCc1ccc(/C=C/C2CCC(c3ccc(-c4ccc(C)cc4)c(F)c3F)CC2)c(F)c1. The van der Waals surface area contributed by atoms with Crippen molar-refractivity contribution in [1.82, 2.24) is 0 Å². The maximum atomic E-state index is 15.0. The standard InChI is InChI=1S/C29H29F3/c1-3-20-6-14-24(27(30)18-20)15-9-21-7-12-23(13-8-21)26-17-16-25(28(31)29(26)32)22-10-4-19(2)5-11-22/h4-6,9-11,14-18,21,23H,3,7-8,12-13H2,1-2H3/b15-9+. The van der Waals surface area contributed by atoms with Crippen LogP contribution < -0.4 is 0 Å². The first-order valence-corrected chi connectivity index (χ1v) is 11.5. The predicted octanol–water partition coefficient (Wildman–Crippen LogP) is 8.63. The fourth-order valence-corrected chi connectivity index (χ4v) is 4.62. The van der Waals surface area contributed by atoms with E-state index in [9.17, 15) is 13.2 Å². The predicted molar refractivity (Wildman–Crippen MR) is 126 cm³/mol. The Morgan fingerprint density at radius 3 is 2.22 bits per heavy atom. The molecule has 0 aromatic heterocycles. The molecule has 0 bridgehead atoms. The first-order valence-electron chi connectivity index (χ1n) is 11.5. The second kappa shape index (κ2) is 9.77. The van der Waals surface area contributed by atoms with Gasteiger partial charge >= 0.3 is 0 Å². The number of rotatable bonds is 5. The summed E-state index contributed by atoms with van der Waals surface area (Å²) in [7, 11) is 0. The summed E-state index contributed by atoms with van der Waals surface area (Å²) in [6, 6.07) is 16.3. The van der Waals surface area contributed by atoms with Crippen molar-refractivity contribution in [2.24, 2.45) is 5.92 Å². The number of allylic oxidation sites excluding steroid dienone is 1. The average Bonchev–Trinajstić information content (AvgIpc) is 2.81. The Hall–Kier alpha value is -2.81. The van der Waals surface area contributed by atoms with Gasteiger partial charge in [-0.2, -0.15) is 0 Å². The van der Waals surface area contributed by atoms with Crippen molar-refractivity contribution in [2.75, 3.05) is 0 Å². The smallest absolute Gasteiger partial charge is 0.166 e. The summed E-state index contributed by atoms with van der Waals surface area (Å²) in [5.74, 6) is -1.34. The summed E-state index contributed by atoms with van der Waals surface area (Å²) >= 11 is 0. The van der Waals surface area contributed by atoms with Gasteiger partial charge in [-0.05, 0) is 73.6 Å². The molecule has 0 heterocycles. The Labute approximate surface area is 188 Å². The summed E-state index contributed by atoms with van der Waals surface area (Å²) in [5, 5.41) is 0. The minimum Gasteiger partial charge on any atom is -0.206 e. The van der Waals surface area contributed by atoms with Gasteiger partial charge in [0.1, 0.15) is 5.82 Å². The highest BCUT2D eigenvalue weighted by molar-refractivity contribution is 5.65. The lowest BCUT2D eigenvalue weighted by atomic mass is 9.78. The van der Waals surface area contributed by atoms with E-state index in [1.54, 1.807) is 18.2 Å². The van der Waals surface area contributed by atoms with Crippen molar-refractivity contribution in [1.29, 1.82) is 0 Å². The molecule has 0 atom stereocenters. The topological polar surface area (TPSA) is 0 Å². The van der Waals surface area contributed by atoms with Crippen molar-refractivity contribution in [2.45, 2.75) is 51.9 Å². The lowest BCUT2D eigenvalue weighted by Gasteiger charge is -2.27. The van der Waals surface area contributed by atoms with Crippen LogP contribution in [-0.2, 0) is 6.42 Å². The molecule has 0 unspecified atom stereocenters. The Morgan fingerprint density at radius 2 is 1.56 bits per heavy atom. The Bertz CT molecular complexity index is 1100. The maximum absolute atomic E-state index is 15.0. The quantitative estimate of drug-likeness (QED) is 0.377. The minimum absolute atomic E-state index is 0.0155. The van der Waals surface area contributed by atoms with E-state index in [0.717, 1.165) is 43.2 Å². The maximum Gasteiger partial charge on any atom is 0.166 e. The summed E-state index contributed by atoms with van der Waals surface area (Å²) < 4.78 is 44.0. The monoisotopic (exact) mass is 434 g/mol. The molecule has 0 spiro atoms. The van der Waals surface area contributed by atoms with Crippen LogP contribution in [0.2, 0.25) is 0 Å². The van der Waals surface area contributed by atoms with Crippen molar-refractivity contribution < 1.29 is 13.2 Å². The van der Waals surface area contributed by atoms with E-state index in [1.165, 1.54) is 0 Å². The van der Waals surface area contributed by atoms with Gasteiger partial charge in [0.2, 0.25) is 0 Å². The third-order valence-corrected chi connectivity index (χ3v) is 6.71. The van der Waals surface area contributed by atoms with E-state index >= 15 is 0 Å². The van der Waals surface area contributed by atoms with E-state index in [4.69, 9.17) is 0 Å². The van der Waals surface area contributed by atoms with Gasteiger partial charge in [0, 0.05) is 11.1 Å². The molecule has 0 N–H and O–H groups in total. The highest BCUT2D eigenvalue weighted by Crippen LogP contribution is 2.39. The summed E-state index contributed by atoms with van der Waals surface area (Å²) in [5.41, 5.74) is 4.14. The molecule has 0 aliphatic heterocycles. The number of halogens is 3. The zero-order chi connectivity index (χ0) is 22.7. The van der Waals surface area contributed by atoms with Crippen molar-refractivity contribution >= 4 is 6.08 Å². The van der Waals surface area contributed by atoms with Crippen LogP contribution in [0.1, 0.15) is 60.8 Å². The second-order valence-electron chi connectivity index (χ2n) is 8.88. The molecule has 3 aromatic rings. The third-order valence-electron chi connectivity index (χ3n) is 6.71. The van der Waals surface area contributed by atoms with Gasteiger partial charge in [0.05, 0.1) is 0 Å².